The van der Waals surface area contributed by atoms with E-state index in [4.69, 9.17) is 4.74 Å². The molecule has 0 saturated carbocycles. The van der Waals surface area contributed by atoms with Gasteiger partial charge in [0.25, 0.3) is 0 Å². The van der Waals surface area contributed by atoms with Crippen molar-refractivity contribution in [1.82, 2.24) is 0 Å². The average Bonchev–Trinajstić information content (AvgIpc) is 2.72. The van der Waals surface area contributed by atoms with E-state index >= 15 is 0 Å². The Kier molecular flexibility index (Phi) is 8.93. The Morgan fingerprint density at radius 2 is 1.57 bits per heavy atom. The van der Waals surface area contributed by atoms with Gasteiger partial charge in [-0.1, -0.05) is 19.8 Å². The molecule has 0 atom stereocenters. The van der Waals surface area contributed by atoms with E-state index in [0.717, 1.165) is 19.3 Å². The zero-order valence-electron chi connectivity index (χ0n) is 16.5. The van der Waals surface area contributed by atoms with Gasteiger partial charge in [0.1, 0.15) is 5.75 Å². The Balaban J connectivity index is 1.82. The van der Waals surface area contributed by atoms with E-state index in [2.05, 4.69) is 17.0 Å². The number of benzene rings is 2. The number of halogens is 2. The molecular weight excluding hydrogens is 396 g/mol. The summed E-state index contributed by atoms with van der Waals surface area (Å²) in [6, 6.07) is 11.2. The van der Waals surface area contributed by atoms with Crippen LogP contribution in [0.25, 0.3) is 0 Å². The van der Waals surface area contributed by atoms with Crippen LogP contribution in [0, 0.1) is 0 Å². The summed E-state index contributed by atoms with van der Waals surface area (Å²) in [5, 5.41) is 2.76. The van der Waals surface area contributed by atoms with Crippen LogP contribution in [-0.2, 0) is 9.53 Å². The van der Waals surface area contributed by atoms with E-state index in [0.29, 0.717) is 17.7 Å². The monoisotopic (exact) mass is 419 g/mol. The lowest BCUT2D eigenvalue weighted by Crippen LogP contribution is -2.15. The predicted molar refractivity (Wildman–Crippen MR) is 107 cm³/mol. The minimum atomic E-state index is -2.96. The molecule has 0 aliphatic carbocycles. The number of esters is 1. The lowest BCUT2D eigenvalue weighted by Gasteiger charge is -2.08. The van der Waals surface area contributed by atoms with E-state index in [-0.39, 0.29) is 17.2 Å². The van der Waals surface area contributed by atoms with Crippen molar-refractivity contribution >= 4 is 23.3 Å². The van der Waals surface area contributed by atoms with Crippen LogP contribution in [0.1, 0.15) is 53.3 Å². The number of Topliss-reactive ketones (excluding diaryl/α,β-unsaturated/α-hetero) is 1. The first-order valence-electron chi connectivity index (χ1n) is 9.54. The maximum Gasteiger partial charge on any atom is 0.387 e. The summed E-state index contributed by atoms with van der Waals surface area (Å²) in [6.07, 6.45) is 3.30. The van der Waals surface area contributed by atoms with Gasteiger partial charge in [-0.15, -0.1) is 0 Å². The highest BCUT2D eigenvalue weighted by molar-refractivity contribution is 6.00. The van der Waals surface area contributed by atoms with Gasteiger partial charge in [0.2, 0.25) is 5.91 Å². The first-order valence-corrected chi connectivity index (χ1v) is 9.54. The Labute approximate surface area is 173 Å². The van der Waals surface area contributed by atoms with Gasteiger partial charge in [0.15, 0.2) is 12.4 Å². The Morgan fingerprint density at radius 3 is 2.17 bits per heavy atom. The highest BCUT2D eigenvalue weighted by Crippen LogP contribution is 2.16. The fourth-order valence-electron chi connectivity index (χ4n) is 2.57. The average molecular weight is 419 g/mol. The summed E-state index contributed by atoms with van der Waals surface area (Å²) in [7, 11) is 0. The third kappa shape index (κ3) is 7.62. The zero-order chi connectivity index (χ0) is 21.9. The van der Waals surface area contributed by atoms with Crippen molar-refractivity contribution in [2.75, 3.05) is 11.9 Å². The summed E-state index contributed by atoms with van der Waals surface area (Å²) in [5.74, 6) is -1.35. The minimum absolute atomic E-state index is 0.0820. The lowest BCUT2D eigenvalue weighted by molar-refractivity contribution is -0.116. The Hall–Kier alpha value is -3.29. The van der Waals surface area contributed by atoms with Gasteiger partial charge in [-0.25, -0.2) is 4.79 Å². The molecule has 160 valence electrons. The number of nitrogens with one attached hydrogen (secondary N) is 1. The largest absolute Gasteiger partial charge is 0.454 e. The highest BCUT2D eigenvalue weighted by atomic mass is 19.3. The van der Waals surface area contributed by atoms with Crippen LogP contribution in [0.3, 0.4) is 0 Å². The van der Waals surface area contributed by atoms with Gasteiger partial charge in [0, 0.05) is 17.7 Å². The topological polar surface area (TPSA) is 81.7 Å². The van der Waals surface area contributed by atoms with Crippen molar-refractivity contribution in [3.8, 4) is 5.75 Å². The molecule has 0 aliphatic rings. The molecule has 0 heterocycles. The molecule has 2 aromatic carbocycles. The minimum Gasteiger partial charge on any atom is -0.454 e. The summed E-state index contributed by atoms with van der Waals surface area (Å²) in [4.78, 5) is 36.0. The lowest BCUT2D eigenvalue weighted by atomic mass is 10.1. The quantitative estimate of drug-likeness (QED) is 0.320. The van der Waals surface area contributed by atoms with Crippen molar-refractivity contribution in [1.29, 1.82) is 0 Å². The van der Waals surface area contributed by atoms with E-state index < -0.39 is 25.0 Å². The van der Waals surface area contributed by atoms with Crippen molar-refractivity contribution in [2.45, 2.75) is 39.2 Å². The second-order valence-electron chi connectivity index (χ2n) is 6.48. The van der Waals surface area contributed by atoms with Crippen LogP contribution in [0.4, 0.5) is 14.5 Å². The molecule has 0 aromatic heterocycles. The van der Waals surface area contributed by atoms with Crippen LogP contribution < -0.4 is 10.1 Å². The van der Waals surface area contributed by atoms with Crippen molar-refractivity contribution in [3.05, 3.63) is 59.7 Å². The first kappa shape index (κ1) is 23.0. The number of carbonyl (C=O) groups is 3. The smallest absolute Gasteiger partial charge is 0.387 e. The Bertz CT molecular complexity index is 851. The maximum absolute atomic E-state index is 12.2. The summed E-state index contributed by atoms with van der Waals surface area (Å²) >= 11 is 0. The van der Waals surface area contributed by atoms with Crippen LogP contribution >= 0.6 is 0 Å². The molecule has 0 aliphatic heterocycles. The number of alkyl halides is 2. The van der Waals surface area contributed by atoms with Gasteiger partial charge in [-0.3, -0.25) is 9.59 Å². The van der Waals surface area contributed by atoms with Crippen LogP contribution in [0.2, 0.25) is 0 Å². The molecule has 0 saturated heterocycles. The van der Waals surface area contributed by atoms with Crippen LogP contribution in [-0.4, -0.2) is 30.9 Å². The number of unbranched alkanes of at least 4 members (excludes halogenated alkanes) is 2. The number of amides is 1. The van der Waals surface area contributed by atoms with Crippen molar-refractivity contribution < 1.29 is 32.6 Å². The van der Waals surface area contributed by atoms with Crippen LogP contribution in [0.15, 0.2) is 48.5 Å². The number of ketones is 1. The summed E-state index contributed by atoms with van der Waals surface area (Å²) < 4.78 is 33.4. The molecule has 0 unspecified atom stereocenters. The van der Waals surface area contributed by atoms with E-state index in [1.807, 2.05) is 0 Å². The second-order valence-corrected chi connectivity index (χ2v) is 6.48. The molecule has 1 N–H and O–H groups in total. The molecule has 2 rings (SSSR count). The Morgan fingerprint density at radius 1 is 0.933 bits per heavy atom. The summed E-state index contributed by atoms with van der Waals surface area (Å²) in [5.41, 5.74) is 1.01. The molecule has 0 bridgehead atoms. The normalized spacial score (nSPS) is 10.5. The molecule has 8 heteroatoms. The van der Waals surface area contributed by atoms with Gasteiger partial charge >= 0.3 is 12.6 Å². The van der Waals surface area contributed by atoms with Gasteiger partial charge < -0.3 is 14.8 Å². The molecule has 1 amide bonds. The summed E-state index contributed by atoms with van der Waals surface area (Å²) in [6.45, 7) is -1.37. The van der Waals surface area contributed by atoms with Crippen LogP contribution in [0.5, 0.6) is 5.75 Å². The standard InChI is InChI=1S/C22H23F2NO5/c1-2-3-4-5-20(27)25-17-10-6-15(7-11-17)19(26)14-29-21(28)16-8-12-18(13-9-16)30-22(23)24/h6-13,22H,2-5,14H2,1H3,(H,25,27). The number of carbonyl (C=O) groups excluding carboxylic acids is 3. The number of hydrogen-bond acceptors (Lipinski definition) is 5. The molecular formula is C22H23F2NO5. The number of rotatable bonds is 11. The molecule has 30 heavy (non-hydrogen) atoms. The fourth-order valence-corrected chi connectivity index (χ4v) is 2.57. The molecule has 0 radical (unpaired) electrons. The van der Waals surface area contributed by atoms with E-state index in [1.165, 1.54) is 36.4 Å². The fraction of sp³-hybridized carbons (Fsp3) is 0.318. The highest BCUT2D eigenvalue weighted by Gasteiger charge is 2.13. The van der Waals surface area contributed by atoms with Gasteiger partial charge in [-0.05, 0) is 55.0 Å². The third-order valence-electron chi connectivity index (χ3n) is 4.15. The van der Waals surface area contributed by atoms with Gasteiger partial charge in [0.05, 0.1) is 5.56 Å². The van der Waals surface area contributed by atoms with E-state index in [1.54, 1.807) is 12.1 Å². The second kappa shape index (κ2) is 11.6. The zero-order valence-corrected chi connectivity index (χ0v) is 16.5. The number of hydrogen-bond donors (Lipinski definition) is 1. The van der Waals surface area contributed by atoms with Crippen molar-refractivity contribution in [3.63, 3.8) is 0 Å². The first-order chi connectivity index (χ1) is 14.4. The number of anilines is 1. The predicted octanol–water partition coefficient (Wildman–Crippen LogP) is 4.85. The molecule has 0 fully saturated rings. The molecule has 0 spiro atoms. The molecule has 6 nitrogen and oxygen atoms in total. The number of ether oxygens (including phenoxy) is 2. The van der Waals surface area contributed by atoms with Crippen molar-refractivity contribution in [2.24, 2.45) is 0 Å². The third-order valence-corrected chi connectivity index (χ3v) is 4.15. The molecule has 2 aromatic rings. The SMILES string of the molecule is CCCCCC(=O)Nc1ccc(C(=O)COC(=O)c2ccc(OC(F)F)cc2)cc1. The van der Waals surface area contributed by atoms with Gasteiger partial charge in [-0.2, -0.15) is 8.78 Å². The van der Waals surface area contributed by atoms with E-state index in [9.17, 15) is 23.2 Å². The maximum atomic E-state index is 12.2.